The lowest BCUT2D eigenvalue weighted by molar-refractivity contribution is 0.109. The summed E-state index contributed by atoms with van der Waals surface area (Å²) in [6, 6.07) is 31.1. The van der Waals surface area contributed by atoms with Crippen LogP contribution in [0, 0.1) is 11.8 Å². The number of aryl methyl sites for hydroxylation is 8. The Kier molecular flexibility index (Phi) is 16.9. The first kappa shape index (κ1) is 44.8. The van der Waals surface area contributed by atoms with E-state index in [-0.39, 0.29) is 10.3 Å². The topological polar surface area (TPSA) is 0 Å². The first-order valence-electron chi connectivity index (χ1n) is 23.2. The smallest absolute Gasteiger partial charge is 0.0375 e. The fourth-order valence-electron chi connectivity index (χ4n) is 10.2. The van der Waals surface area contributed by atoms with E-state index in [1.165, 1.54) is 131 Å². The molecule has 4 atom stereocenters. The van der Waals surface area contributed by atoms with Gasteiger partial charge in [-0.3, -0.25) is 0 Å². The van der Waals surface area contributed by atoms with Gasteiger partial charge in [-0.1, -0.05) is 180 Å². The van der Waals surface area contributed by atoms with Crippen molar-refractivity contribution in [2.45, 2.75) is 181 Å². The van der Waals surface area contributed by atoms with E-state index in [0.717, 1.165) is 51.4 Å². The predicted octanol–water partition coefficient (Wildman–Crippen LogP) is 15.3. The zero-order valence-corrected chi connectivity index (χ0v) is 39.3. The first-order valence-corrected chi connectivity index (χ1v) is 24.4. The van der Waals surface area contributed by atoms with E-state index in [1.807, 2.05) is 0 Å². The molecule has 0 radical (unpaired) electrons. The van der Waals surface area contributed by atoms with E-state index in [9.17, 15) is 0 Å². The summed E-state index contributed by atoms with van der Waals surface area (Å²) in [6.45, 7) is 18.7. The zero-order valence-electron chi connectivity index (χ0n) is 37.0. The molecule has 0 aromatic heterocycles. The molecule has 304 valence electrons. The summed E-state index contributed by atoms with van der Waals surface area (Å²) in [6.07, 6.45) is 21.0. The van der Waals surface area contributed by atoms with Crippen LogP contribution in [-0.2, 0) is 61.7 Å². The molecule has 0 spiro atoms. The Hall–Kier alpha value is -2.26. The fourth-order valence-corrected chi connectivity index (χ4v) is 11.7. The quantitative estimate of drug-likeness (QED) is 0.0696. The molecule has 1 aliphatic rings. The van der Waals surface area contributed by atoms with Crippen LogP contribution in [0.3, 0.4) is 0 Å². The Labute approximate surface area is 349 Å². The van der Waals surface area contributed by atoms with Crippen LogP contribution in [0.1, 0.15) is 186 Å². The van der Waals surface area contributed by atoms with Crippen molar-refractivity contribution in [2.75, 3.05) is 0 Å². The lowest BCUT2D eigenvalue weighted by atomic mass is 9.55. The van der Waals surface area contributed by atoms with Gasteiger partial charge in [0.2, 0.25) is 0 Å². The molecule has 0 nitrogen and oxygen atoms in total. The zero-order chi connectivity index (χ0) is 40.3. The molecule has 2 unspecified atom stereocenters. The third-order valence-electron chi connectivity index (χ3n) is 12.9. The van der Waals surface area contributed by atoms with Crippen LogP contribution in [0.2, 0.25) is 0 Å². The van der Waals surface area contributed by atoms with Crippen LogP contribution in [-0.4, -0.2) is 0 Å². The summed E-state index contributed by atoms with van der Waals surface area (Å²) in [5.74, 6) is 0.910. The second-order valence-electron chi connectivity index (χ2n) is 17.7. The summed E-state index contributed by atoms with van der Waals surface area (Å²) in [7, 11) is 7.29. The van der Waals surface area contributed by atoms with Crippen LogP contribution in [0.25, 0.3) is 0 Å². The van der Waals surface area contributed by atoms with Crippen molar-refractivity contribution in [2.24, 2.45) is 11.8 Å². The maximum atomic E-state index is 3.64. The van der Waals surface area contributed by atoms with E-state index < -0.39 is 0 Å². The van der Waals surface area contributed by atoms with Crippen molar-refractivity contribution in [1.29, 1.82) is 0 Å². The second kappa shape index (κ2) is 21.1. The third-order valence-corrected chi connectivity index (χ3v) is 15.1. The number of hydrogen-bond acceptors (Lipinski definition) is 0. The Morgan fingerprint density at radius 1 is 0.321 bits per heavy atom. The lowest BCUT2D eigenvalue weighted by Crippen LogP contribution is -2.50. The average Bonchev–Trinajstić information content (AvgIpc) is 3.15. The highest BCUT2D eigenvalue weighted by Gasteiger charge is 2.55. The minimum atomic E-state index is -0.205. The lowest BCUT2D eigenvalue weighted by Gasteiger charge is -2.56. The molecule has 0 heterocycles. The average molecular weight is 789 g/mol. The van der Waals surface area contributed by atoms with Crippen LogP contribution in [0.15, 0.2) is 72.8 Å². The van der Waals surface area contributed by atoms with Gasteiger partial charge in [0.25, 0.3) is 0 Å². The summed E-state index contributed by atoms with van der Waals surface area (Å²) >= 11 is 0. The van der Waals surface area contributed by atoms with Gasteiger partial charge >= 0.3 is 0 Å². The number of benzene rings is 4. The Balaban J connectivity index is 1.84. The third kappa shape index (κ3) is 10.1. The van der Waals surface area contributed by atoms with Crippen LogP contribution in [0.5, 0.6) is 0 Å². The van der Waals surface area contributed by atoms with Gasteiger partial charge in [0.15, 0.2) is 0 Å². The van der Waals surface area contributed by atoms with Gasteiger partial charge < -0.3 is 0 Å². The van der Waals surface area contributed by atoms with Crippen LogP contribution < -0.4 is 0 Å². The van der Waals surface area contributed by atoms with E-state index >= 15 is 0 Å². The fraction of sp³-hybridized carbons (Fsp3) is 0.556. The maximum Gasteiger partial charge on any atom is 0.0375 e. The van der Waals surface area contributed by atoms with Crippen molar-refractivity contribution < 1.29 is 0 Å². The van der Waals surface area contributed by atoms with Gasteiger partial charge in [-0.2, -0.15) is 0 Å². The standard InChI is InChI=1S/C54H78P2/c1-9-17-39-27-40(18-10-2)32-47(31-39)53(55,48-33-41(19-11-3)28-42(34-48)20-12-4)51-25-26-52(51)54(56,49-35-43(21-13-5)29-44(36-49)22-14-6)50-37-45(23-15-7)30-46(38-50)24-16-8/h27-38,51-52H,9-26,55-56H2,1-8H3/t51-,52-/m1/s1. The molecule has 2 heteroatoms. The Bertz CT molecular complexity index is 1500. The monoisotopic (exact) mass is 789 g/mol. The van der Waals surface area contributed by atoms with Gasteiger partial charge in [-0.05, 0) is 143 Å². The Morgan fingerprint density at radius 2 is 0.482 bits per heavy atom. The van der Waals surface area contributed by atoms with Crippen molar-refractivity contribution >= 4 is 18.5 Å². The molecule has 0 N–H and O–H groups in total. The minimum Gasteiger partial charge on any atom is -0.121 e. The Morgan fingerprint density at radius 3 is 0.607 bits per heavy atom. The van der Waals surface area contributed by atoms with Crippen LogP contribution >= 0.6 is 18.5 Å². The highest BCUT2D eigenvalue weighted by molar-refractivity contribution is 7.19. The summed E-state index contributed by atoms with van der Waals surface area (Å²) in [5, 5.41) is -0.409. The molecule has 56 heavy (non-hydrogen) atoms. The largest absolute Gasteiger partial charge is 0.121 e. The van der Waals surface area contributed by atoms with Gasteiger partial charge in [0, 0.05) is 10.3 Å². The highest BCUT2D eigenvalue weighted by Crippen LogP contribution is 2.64. The molecule has 0 bridgehead atoms. The normalized spacial score (nSPS) is 16.0. The van der Waals surface area contributed by atoms with Crippen molar-refractivity contribution in [3.63, 3.8) is 0 Å². The number of rotatable bonds is 22. The number of hydrogen-bond donors (Lipinski definition) is 0. The molecule has 1 saturated carbocycles. The molecule has 0 saturated heterocycles. The summed E-state index contributed by atoms with van der Waals surface area (Å²) in [4.78, 5) is 0. The molecular formula is C54H78P2. The maximum absolute atomic E-state index is 3.64. The van der Waals surface area contributed by atoms with Crippen molar-refractivity contribution in [3.05, 3.63) is 140 Å². The molecular weight excluding hydrogens is 711 g/mol. The minimum absolute atomic E-state index is 0.205. The highest BCUT2D eigenvalue weighted by atomic mass is 31.0. The summed E-state index contributed by atoms with van der Waals surface area (Å²) < 4.78 is 0. The van der Waals surface area contributed by atoms with Crippen molar-refractivity contribution in [1.82, 2.24) is 0 Å². The van der Waals surface area contributed by atoms with Gasteiger partial charge in [-0.25, -0.2) is 0 Å². The molecule has 4 aromatic carbocycles. The molecule has 5 rings (SSSR count). The molecule has 1 fully saturated rings. The van der Waals surface area contributed by atoms with E-state index in [4.69, 9.17) is 0 Å². The molecule has 0 amide bonds. The van der Waals surface area contributed by atoms with E-state index in [2.05, 4.69) is 147 Å². The van der Waals surface area contributed by atoms with Crippen molar-refractivity contribution in [3.8, 4) is 0 Å². The van der Waals surface area contributed by atoms with E-state index in [0.29, 0.717) is 11.8 Å². The molecule has 1 aliphatic carbocycles. The molecule has 4 aromatic rings. The second-order valence-corrected chi connectivity index (χ2v) is 19.5. The van der Waals surface area contributed by atoms with Crippen LogP contribution in [0.4, 0.5) is 0 Å². The summed E-state index contributed by atoms with van der Waals surface area (Å²) in [5.41, 5.74) is 18.2. The predicted molar refractivity (Wildman–Crippen MR) is 255 cm³/mol. The van der Waals surface area contributed by atoms with Gasteiger partial charge in [0.1, 0.15) is 0 Å². The SMILES string of the molecule is CCCc1cc(CCC)cc(C(P)(c2cc(CCC)cc(CCC)c2)[C@@H]2CC[C@H]2C(P)(c2cc(CCC)cc(CCC)c2)c2cc(CCC)cc(CCC)c2)c1. The first-order chi connectivity index (χ1) is 27.1. The van der Waals surface area contributed by atoms with Gasteiger partial charge in [0.05, 0.1) is 0 Å². The van der Waals surface area contributed by atoms with E-state index in [1.54, 1.807) is 0 Å². The van der Waals surface area contributed by atoms with Gasteiger partial charge in [-0.15, -0.1) is 18.5 Å². The molecule has 0 aliphatic heterocycles.